The van der Waals surface area contributed by atoms with Crippen LogP contribution < -0.4 is 10.2 Å². The molecule has 4 rings (SSSR count). The van der Waals surface area contributed by atoms with Gasteiger partial charge in [-0.3, -0.25) is 4.99 Å². The molecule has 2 fully saturated rings. The topological polar surface area (TPSA) is 88.0 Å². The number of anilines is 2. The molecule has 0 bridgehead atoms. The van der Waals surface area contributed by atoms with Crippen molar-refractivity contribution in [2.45, 2.75) is 38.6 Å². The molecule has 1 N–H and O–H groups in total. The normalized spacial score (nSPS) is 23.3. The van der Waals surface area contributed by atoms with Crippen LogP contribution in [-0.4, -0.2) is 88.7 Å². The minimum absolute atomic E-state index is 0.0198. The van der Waals surface area contributed by atoms with Crippen molar-refractivity contribution in [3.63, 3.8) is 0 Å². The van der Waals surface area contributed by atoms with Gasteiger partial charge in [0.25, 0.3) is 0 Å². The van der Waals surface area contributed by atoms with Crippen LogP contribution in [0.4, 0.5) is 16.2 Å². The summed E-state index contributed by atoms with van der Waals surface area (Å²) in [5.74, 6) is 1.16. The van der Waals surface area contributed by atoms with E-state index in [4.69, 9.17) is 19.2 Å². The van der Waals surface area contributed by atoms with Gasteiger partial charge in [-0.05, 0) is 56.2 Å². The van der Waals surface area contributed by atoms with Crippen LogP contribution in [0, 0.1) is 5.92 Å². The predicted molar refractivity (Wildman–Crippen MR) is 152 cm³/mol. The number of ether oxygens (including phenoxy) is 3. The van der Waals surface area contributed by atoms with Gasteiger partial charge in [0.15, 0.2) is 0 Å². The highest BCUT2D eigenvalue weighted by atomic mass is 16.5. The number of allylic oxidation sites excluding steroid dienone is 2. The third-order valence-electron chi connectivity index (χ3n) is 7.05. The Bertz CT molecular complexity index is 1010. The molecule has 0 radical (unpaired) electrons. The van der Waals surface area contributed by atoms with Gasteiger partial charge in [0.1, 0.15) is 12.1 Å². The fourth-order valence-electron chi connectivity index (χ4n) is 4.85. The first-order valence-corrected chi connectivity index (χ1v) is 13.7. The number of hydrogen-bond donors (Lipinski definition) is 1. The van der Waals surface area contributed by atoms with Gasteiger partial charge in [-0.25, -0.2) is 9.79 Å². The fourth-order valence-corrected chi connectivity index (χ4v) is 4.85. The molecule has 9 nitrogen and oxygen atoms in total. The zero-order valence-corrected chi connectivity index (χ0v) is 22.7. The van der Waals surface area contributed by atoms with Crippen molar-refractivity contribution in [2.24, 2.45) is 15.9 Å². The molecule has 0 aliphatic carbocycles. The second-order valence-electron chi connectivity index (χ2n) is 9.83. The standard InChI is InChI=1S/C29H41N5O4/c1-23-21-27(38-18-4-17-36-2)5-3-6-28(31-22-30-23)24-11-13-34(14-12-24)29(35)32-25-7-9-26(10-8-25)33-15-19-37-20-16-33/h3,5,7-10,21-24H,4,6,11-20H2,1-2H3,(H,32,35)/b5-3-,27-21+,30-22?,31-28?. The maximum atomic E-state index is 12.9. The van der Waals surface area contributed by atoms with Crippen molar-refractivity contribution in [1.29, 1.82) is 0 Å². The predicted octanol–water partition coefficient (Wildman–Crippen LogP) is 4.52. The molecule has 1 atom stereocenters. The third kappa shape index (κ3) is 8.43. The minimum atomic E-state index is -0.0499. The first kappa shape index (κ1) is 27.9. The number of methoxy groups -OCH3 is 1. The molecule has 1 aromatic rings. The van der Waals surface area contributed by atoms with Crippen molar-refractivity contribution in [2.75, 3.05) is 69.9 Å². The molecule has 2 amide bonds. The Hall–Kier alpha value is -3.17. The van der Waals surface area contributed by atoms with E-state index in [0.717, 1.165) is 74.8 Å². The van der Waals surface area contributed by atoms with Crippen LogP contribution in [-0.2, 0) is 14.2 Å². The number of rotatable bonds is 8. The number of carbonyl (C=O) groups is 1. The summed E-state index contributed by atoms with van der Waals surface area (Å²) in [4.78, 5) is 26.4. The van der Waals surface area contributed by atoms with Crippen molar-refractivity contribution in [3.05, 3.63) is 48.3 Å². The number of amides is 2. The molecule has 2 saturated heterocycles. The number of carbonyl (C=O) groups excluding carboxylic acids is 1. The van der Waals surface area contributed by atoms with E-state index in [-0.39, 0.29) is 12.1 Å². The molecule has 206 valence electrons. The molecule has 3 aliphatic rings. The molecular formula is C29H41N5O4. The highest BCUT2D eigenvalue weighted by molar-refractivity contribution is 5.94. The maximum absolute atomic E-state index is 12.9. The summed E-state index contributed by atoms with van der Waals surface area (Å²) in [7, 11) is 1.70. The Kier molecular flexibility index (Phi) is 10.8. The molecule has 0 spiro atoms. The molecule has 0 saturated carbocycles. The Morgan fingerprint density at radius 2 is 1.87 bits per heavy atom. The number of likely N-dealkylation sites (tertiary alicyclic amines) is 1. The number of nitrogens with one attached hydrogen (secondary N) is 1. The molecule has 1 unspecified atom stereocenters. The highest BCUT2D eigenvalue weighted by Crippen LogP contribution is 2.23. The number of aliphatic imine (C=N–C) groups is 2. The van der Waals surface area contributed by atoms with Gasteiger partial charge in [0.05, 0.1) is 25.9 Å². The number of benzene rings is 1. The summed E-state index contributed by atoms with van der Waals surface area (Å²) in [6, 6.07) is 8.00. The van der Waals surface area contributed by atoms with E-state index < -0.39 is 0 Å². The summed E-state index contributed by atoms with van der Waals surface area (Å²) >= 11 is 0. The van der Waals surface area contributed by atoms with Gasteiger partial charge >= 0.3 is 6.03 Å². The van der Waals surface area contributed by atoms with E-state index in [0.29, 0.717) is 32.2 Å². The van der Waals surface area contributed by atoms with Crippen molar-refractivity contribution in [1.82, 2.24) is 4.90 Å². The lowest BCUT2D eigenvalue weighted by Crippen LogP contribution is -2.42. The molecular weight excluding hydrogens is 482 g/mol. The van der Waals surface area contributed by atoms with Gasteiger partial charge in [-0.1, -0.05) is 6.08 Å². The lowest BCUT2D eigenvalue weighted by molar-refractivity contribution is 0.122. The van der Waals surface area contributed by atoms with Crippen LogP contribution >= 0.6 is 0 Å². The third-order valence-corrected chi connectivity index (χ3v) is 7.05. The molecule has 3 aliphatic heterocycles. The van der Waals surface area contributed by atoms with E-state index in [1.165, 1.54) is 0 Å². The number of nitrogens with zero attached hydrogens (tertiary/aromatic N) is 4. The average molecular weight is 524 g/mol. The SMILES string of the molecule is COCCCOC1=C/C(C)N=CN=C(C2CCN(C(=O)Nc3ccc(N4CCOCC4)cc3)CC2)C/C=C\1. The highest BCUT2D eigenvalue weighted by Gasteiger charge is 2.26. The van der Waals surface area contributed by atoms with Crippen LogP contribution in [0.5, 0.6) is 0 Å². The van der Waals surface area contributed by atoms with Gasteiger partial charge < -0.3 is 29.3 Å². The van der Waals surface area contributed by atoms with Crippen molar-refractivity contribution >= 4 is 29.5 Å². The van der Waals surface area contributed by atoms with Crippen molar-refractivity contribution in [3.8, 4) is 0 Å². The lowest BCUT2D eigenvalue weighted by atomic mass is 9.90. The number of hydrogen-bond acceptors (Lipinski definition) is 7. The fraction of sp³-hybridized carbons (Fsp3) is 0.552. The summed E-state index contributed by atoms with van der Waals surface area (Å²) in [6.07, 6.45) is 11.2. The van der Waals surface area contributed by atoms with E-state index in [2.05, 4.69) is 33.4 Å². The van der Waals surface area contributed by atoms with Gasteiger partial charge in [0, 0.05) is 75.7 Å². The largest absolute Gasteiger partial charge is 0.494 e. The van der Waals surface area contributed by atoms with E-state index >= 15 is 0 Å². The Morgan fingerprint density at radius 3 is 2.61 bits per heavy atom. The maximum Gasteiger partial charge on any atom is 0.321 e. The van der Waals surface area contributed by atoms with E-state index in [1.807, 2.05) is 36.1 Å². The summed E-state index contributed by atoms with van der Waals surface area (Å²) in [5.41, 5.74) is 3.08. The summed E-state index contributed by atoms with van der Waals surface area (Å²) in [5, 5.41) is 3.06. The van der Waals surface area contributed by atoms with E-state index in [1.54, 1.807) is 13.4 Å². The molecule has 38 heavy (non-hydrogen) atoms. The molecule has 1 aromatic carbocycles. The Labute approximate surface area is 226 Å². The first-order chi connectivity index (χ1) is 18.6. The minimum Gasteiger partial charge on any atom is -0.494 e. The van der Waals surface area contributed by atoms with Crippen LogP contribution in [0.3, 0.4) is 0 Å². The van der Waals surface area contributed by atoms with Crippen LogP contribution in [0.2, 0.25) is 0 Å². The average Bonchev–Trinajstić information content (AvgIpc) is 2.95. The Morgan fingerprint density at radius 1 is 1.11 bits per heavy atom. The number of piperidine rings is 1. The quantitative estimate of drug-likeness (QED) is 0.506. The van der Waals surface area contributed by atoms with Gasteiger partial charge in [0.2, 0.25) is 0 Å². The smallest absolute Gasteiger partial charge is 0.321 e. The Balaban J connectivity index is 1.26. The van der Waals surface area contributed by atoms with Gasteiger partial charge in [-0.15, -0.1) is 0 Å². The summed E-state index contributed by atoms with van der Waals surface area (Å²) < 4.78 is 16.4. The zero-order chi connectivity index (χ0) is 26.6. The van der Waals surface area contributed by atoms with E-state index in [9.17, 15) is 4.79 Å². The summed E-state index contributed by atoms with van der Waals surface area (Å²) in [6.45, 7) is 8.02. The van der Waals surface area contributed by atoms with Crippen LogP contribution in [0.1, 0.15) is 32.6 Å². The van der Waals surface area contributed by atoms with Crippen LogP contribution in [0.25, 0.3) is 0 Å². The van der Waals surface area contributed by atoms with Gasteiger partial charge in [-0.2, -0.15) is 0 Å². The van der Waals surface area contributed by atoms with Crippen LogP contribution in [0.15, 0.2) is 58.2 Å². The molecule has 0 aromatic heterocycles. The lowest BCUT2D eigenvalue weighted by Gasteiger charge is -2.32. The second kappa shape index (κ2) is 14.7. The molecule has 9 heteroatoms. The first-order valence-electron chi connectivity index (χ1n) is 13.7. The molecule has 3 heterocycles. The number of urea groups is 1. The zero-order valence-electron chi connectivity index (χ0n) is 22.7. The monoisotopic (exact) mass is 523 g/mol. The van der Waals surface area contributed by atoms with Crippen molar-refractivity contribution < 1.29 is 19.0 Å². The second-order valence-corrected chi connectivity index (χ2v) is 9.83. The number of morpholine rings is 1.